The van der Waals surface area contributed by atoms with Crippen LogP contribution in [0.1, 0.15) is 47.0 Å². The number of ether oxygens (including phenoxy) is 3. The fraction of sp³-hybridized carbons (Fsp3) is 0.850. The molecule has 1 heterocycles. The van der Waals surface area contributed by atoms with E-state index in [9.17, 15) is 23.2 Å². The van der Waals surface area contributed by atoms with E-state index in [-0.39, 0.29) is 16.7 Å². The molecule has 28 heavy (non-hydrogen) atoms. The first-order valence-corrected chi connectivity index (χ1v) is 9.87. The first-order chi connectivity index (χ1) is 12.9. The van der Waals surface area contributed by atoms with Gasteiger partial charge in [-0.15, -0.1) is 0 Å². The van der Waals surface area contributed by atoms with Crippen molar-refractivity contribution in [3.8, 4) is 0 Å². The summed E-state index contributed by atoms with van der Waals surface area (Å²) in [5.41, 5.74) is -0.0305. The minimum atomic E-state index is -3.64. The van der Waals surface area contributed by atoms with Crippen LogP contribution in [0.15, 0.2) is 0 Å². The molecule has 4 fully saturated rings. The first kappa shape index (κ1) is 19.6. The first-order valence-electron chi connectivity index (χ1n) is 9.87. The van der Waals surface area contributed by atoms with E-state index in [1.807, 2.05) is 0 Å². The van der Waals surface area contributed by atoms with Gasteiger partial charge in [0.05, 0.1) is 12.3 Å². The molecule has 6 unspecified atom stereocenters. The van der Waals surface area contributed by atoms with Crippen molar-refractivity contribution in [1.82, 2.24) is 0 Å². The summed E-state index contributed by atoms with van der Waals surface area (Å²) in [5, 5.41) is 0. The molecule has 8 heteroatoms. The molecule has 6 nitrogen and oxygen atoms in total. The summed E-state index contributed by atoms with van der Waals surface area (Å²) >= 11 is 0. The lowest BCUT2D eigenvalue weighted by Gasteiger charge is -2.31. The molecule has 156 valence electrons. The molecule has 4 aliphatic rings. The molecule has 0 amide bonds. The van der Waals surface area contributed by atoms with Crippen molar-refractivity contribution in [2.75, 3.05) is 6.61 Å². The zero-order valence-corrected chi connectivity index (χ0v) is 16.5. The van der Waals surface area contributed by atoms with Crippen LogP contribution in [0.25, 0.3) is 0 Å². The van der Waals surface area contributed by atoms with Gasteiger partial charge in [0.25, 0.3) is 0 Å². The highest BCUT2D eigenvalue weighted by Crippen LogP contribution is 2.84. The molecule has 3 aliphatic carbocycles. The van der Waals surface area contributed by atoms with Gasteiger partial charge in [0, 0.05) is 0 Å². The molecule has 0 aromatic rings. The Morgan fingerprint density at radius 3 is 2.46 bits per heavy atom. The SMILES string of the molecule is CC1C2CC(C(=O)OCC(=O)OC3CC(F)(F)OC3=O)C3(C2)[C@@H](C1C)C3(C)C. The fourth-order valence-electron chi connectivity index (χ4n) is 6.79. The highest BCUT2D eigenvalue weighted by atomic mass is 19.3. The lowest BCUT2D eigenvalue weighted by molar-refractivity contribution is -0.209. The average molecular weight is 400 g/mol. The van der Waals surface area contributed by atoms with E-state index in [0.29, 0.717) is 23.7 Å². The topological polar surface area (TPSA) is 78.9 Å². The third-order valence-corrected chi connectivity index (χ3v) is 8.13. The van der Waals surface area contributed by atoms with Gasteiger partial charge in [-0.1, -0.05) is 27.7 Å². The zero-order chi connectivity index (χ0) is 20.6. The number of alkyl halides is 2. The molecule has 3 saturated carbocycles. The predicted molar refractivity (Wildman–Crippen MR) is 90.7 cm³/mol. The van der Waals surface area contributed by atoms with E-state index in [4.69, 9.17) is 9.47 Å². The minimum absolute atomic E-state index is 0.0509. The van der Waals surface area contributed by atoms with E-state index in [2.05, 4.69) is 32.4 Å². The Hall–Kier alpha value is -1.73. The van der Waals surface area contributed by atoms with Crippen LogP contribution in [0, 0.1) is 40.4 Å². The number of fused-ring (bicyclic) bond motifs is 1. The third-order valence-electron chi connectivity index (χ3n) is 8.13. The van der Waals surface area contributed by atoms with Gasteiger partial charge in [0.1, 0.15) is 0 Å². The Bertz CT molecular complexity index is 734. The maximum atomic E-state index is 13.0. The summed E-state index contributed by atoms with van der Waals surface area (Å²) in [4.78, 5) is 36.0. The van der Waals surface area contributed by atoms with Gasteiger partial charge < -0.3 is 14.2 Å². The molecule has 0 radical (unpaired) electrons. The number of carbonyl (C=O) groups is 3. The fourth-order valence-corrected chi connectivity index (χ4v) is 6.79. The Balaban J connectivity index is 1.36. The molecule has 4 rings (SSSR count). The maximum Gasteiger partial charge on any atom is 0.404 e. The van der Waals surface area contributed by atoms with E-state index in [1.165, 1.54) is 0 Å². The Morgan fingerprint density at radius 2 is 1.86 bits per heavy atom. The molecule has 0 N–H and O–H groups in total. The number of hydrogen-bond donors (Lipinski definition) is 0. The second-order valence-corrected chi connectivity index (χ2v) is 9.56. The third kappa shape index (κ3) is 2.59. The van der Waals surface area contributed by atoms with Crippen molar-refractivity contribution in [1.29, 1.82) is 0 Å². The molecule has 2 bridgehead atoms. The van der Waals surface area contributed by atoms with E-state index < -0.39 is 43.1 Å². The molecule has 1 saturated heterocycles. The molecule has 7 atom stereocenters. The molecule has 1 spiro atoms. The number of halogens is 2. The normalized spacial score (nSPS) is 44.4. The number of cyclic esters (lactones) is 1. The van der Waals surface area contributed by atoms with Crippen LogP contribution in [0.4, 0.5) is 8.78 Å². The molecular weight excluding hydrogens is 374 g/mol. The van der Waals surface area contributed by atoms with Crippen molar-refractivity contribution in [3.63, 3.8) is 0 Å². The highest BCUT2D eigenvalue weighted by Gasteiger charge is 2.81. The second-order valence-electron chi connectivity index (χ2n) is 9.56. The smallest absolute Gasteiger partial charge is 0.404 e. The molecule has 1 aliphatic heterocycles. The largest absolute Gasteiger partial charge is 0.453 e. The van der Waals surface area contributed by atoms with Gasteiger partial charge in [0.2, 0.25) is 6.10 Å². The Labute approximate surface area is 162 Å². The van der Waals surface area contributed by atoms with E-state index in [0.717, 1.165) is 12.8 Å². The zero-order valence-electron chi connectivity index (χ0n) is 16.5. The minimum Gasteiger partial charge on any atom is -0.453 e. The van der Waals surface area contributed by atoms with Gasteiger partial charge in [-0.2, -0.15) is 8.78 Å². The number of carbonyl (C=O) groups excluding carboxylic acids is 3. The van der Waals surface area contributed by atoms with Crippen molar-refractivity contribution in [2.45, 2.75) is 59.2 Å². The summed E-state index contributed by atoms with van der Waals surface area (Å²) in [6, 6.07) is 0. The lowest BCUT2D eigenvalue weighted by Crippen LogP contribution is -2.31. The summed E-state index contributed by atoms with van der Waals surface area (Å²) in [5.74, 6) is -1.03. The molecular formula is C20H26F2O6. The Morgan fingerprint density at radius 1 is 1.18 bits per heavy atom. The maximum absolute atomic E-state index is 13.0. The summed E-state index contributed by atoms with van der Waals surface area (Å²) in [7, 11) is 0. The van der Waals surface area contributed by atoms with Crippen LogP contribution < -0.4 is 0 Å². The number of hydrogen-bond acceptors (Lipinski definition) is 6. The van der Waals surface area contributed by atoms with Crippen LogP contribution in [0.2, 0.25) is 0 Å². The van der Waals surface area contributed by atoms with Crippen molar-refractivity contribution < 1.29 is 37.4 Å². The van der Waals surface area contributed by atoms with Crippen LogP contribution in [0.5, 0.6) is 0 Å². The molecule has 0 aromatic heterocycles. The van der Waals surface area contributed by atoms with Crippen LogP contribution in [0.3, 0.4) is 0 Å². The van der Waals surface area contributed by atoms with Gasteiger partial charge >= 0.3 is 24.0 Å². The number of esters is 3. The molecule has 0 aromatic carbocycles. The van der Waals surface area contributed by atoms with E-state index >= 15 is 0 Å². The standard InChI is InChI=1S/C20H26F2O6/c1-9-10(2)15-18(3,4)19(15)6-11(9)5-12(19)16(24)26-8-14(23)27-13-7-20(21,22)28-17(13)25/h9-13,15H,5-8H2,1-4H3/t9?,10?,11?,12?,13?,15-,19?/m0/s1. The van der Waals surface area contributed by atoms with Crippen molar-refractivity contribution in [2.24, 2.45) is 40.4 Å². The van der Waals surface area contributed by atoms with Gasteiger partial charge in [-0.05, 0) is 47.3 Å². The quantitative estimate of drug-likeness (QED) is 0.533. The summed E-state index contributed by atoms with van der Waals surface area (Å²) < 4.78 is 39.7. The summed E-state index contributed by atoms with van der Waals surface area (Å²) in [6.07, 6.45) is -4.58. The number of rotatable bonds is 4. The van der Waals surface area contributed by atoms with Gasteiger partial charge in [-0.25, -0.2) is 9.59 Å². The van der Waals surface area contributed by atoms with Crippen LogP contribution in [-0.2, 0) is 28.6 Å². The second kappa shape index (κ2) is 5.89. The highest BCUT2D eigenvalue weighted by molar-refractivity contribution is 5.83. The van der Waals surface area contributed by atoms with Crippen LogP contribution >= 0.6 is 0 Å². The van der Waals surface area contributed by atoms with Crippen molar-refractivity contribution in [3.05, 3.63) is 0 Å². The van der Waals surface area contributed by atoms with Crippen molar-refractivity contribution >= 4 is 17.9 Å². The van der Waals surface area contributed by atoms with Crippen LogP contribution in [-0.4, -0.2) is 36.7 Å². The van der Waals surface area contributed by atoms with E-state index in [1.54, 1.807) is 0 Å². The van der Waals surface area contributed by atoms with Gasteiger partial charge in [-0.3, -0.25) is 4.79 Å². The van der Waals surface area contributed by atoms with Gasteiger partial charge in [0.15, 0.2) is 6.61 Å². The summed E-state index contributed by atoms with van der Waals surface area (Å²) in [6.45, 7) is 8.22. The Kier molecular flexibility index (Phi) is 4.12. The average Bonchev–Trinajstić information content (AvgIpc) is 2.84. The predicted octanol–water partition coefficient (Wildman–Crippen LogP) is 2.94. The monoisotopic (exact) mass is 400 g/mol. The lowest BCUT2D eigenvalue weighted by atomic mass is 9.74.